The highest BCUT2D eigenvalue weighted by atomic mass is 79.9. The Balaban J connectivity index is 1.58. The fourth-order valence-corrected chi connectivity index (χ4v) is 4.46. The van der Waals surface area contributed by atoms with Crippen molar-refractivity contribution >= 4 is 38.4 Å². The monoisotopic (exact) mass is 429 g/mol. The number of halogens is 1. The SMILES string of the molecule is C[C@H]1CCCN(C(=O)CCCn2c(=O)c3cccn3c3ccc(Br)cc32)C1. The Morgan fingerprint density at radius 1 is 1.22 bits per heavy atom. The van der Waals surface area contributed by atoms with Crippen LogP contribution in [0.2, 0.25) is 0 Å². The molecule has 5 nitrogen and oxygen atoms in total. The van der Waals surface area contributed by atoms with Gasteiger partial charge in [0.25, 0.3) is 5.56 Å². The van der Waals surface area contributed by atoms with E-state index < -0.39 is 0 Å². The van der Waals surface area contributed by atoms with Crippen LogP contribution >= 0.6 is 15.9 Å². The second-order valence-electron chi connectivity index (χ2n) is 7.54. The first-order valence-corrected chi connectivity index (χ1v) is 10.4. The molecule has 2 aromatic heterocycles. The molecule has 4 rings (SSSR count). The van der Waals surface area contributed by atoms with Crippen molar-refractivity contribution in [1.82, 2.24) is 13.9 Å². The lowest BCUT2D eigenvalue weighted by Gasteiger charge is -2.31. The first-order valence-electron chi connectivity index (χ1n) is 9.61. The van der Waals surface area contributed by atoms with Gasteiger partial charge in [0.15, 0.2) is 0 Å². The molecule has 1 atom stereocenters. The molecule has 1 aromatic carbocycles. The number of fused-ring (bicyclic) bond motifs is 3. The maximum absolute atomic E-state index is 13.0. The summed E-state index contributed by atoms with van der Waals surface area (Å²) in [5.74, 6) is 0.798. The van der Waals surface area contributed by atoms with Gasteiger partial charge in [-0.2, -0.15) is 0 Å². The van der Waals surface area contributed by atoms with Crippen molar-refractivity contribution in [3.05, 3.63) is 51.4 Å². The van der Waals surface area contributed by atoms with E-state index in [2.05, 4.69) is 22.9 Å². The molecular formula is C21H24BrN3O2. The number of rotatable bonds is 4. The zero-order valence-electron chi connectivity index (χ0n) is 15.5. The van der Waals surface area contributed by atoms with E-state index in [0.29, 0.717) is 30.8 Å². The number of aryl methyl sites for hydroxylation is 1. The summed E-state index contributed by atoms with van der Waals surface area (Å²) in [5, 5.41) is 0. The Labute approximate surface area is 166 Å². The molecule has 0 bridgehead atoms. The minimum Gasteiger partial charge on any atom is -0.342 e. The number of aromatic nitrogens is 2. The van der Waals surface area contributed by atoms with E-state index in [9.17, 15) is 9.59 Å². The molecule has 1 fully saturated rings. The minimum atomic E-state index is -0.00959. The van der Waals surface area contributed by atoms with Crippen LogP contribution in [-0.2, 0) is 11.3 Å². The van der Waals surface area contributed by atoms with Crippen molar-refractivity contribution in [1.29, 1.82) is 0 Å². The standard InChI is InChI=1S/C21H24BrN3O2/c1-15-5-2-10-23(14-15)20(26)7-4-12-25-19-13-16(22)8-9-17(19)24-11-3-6-18(24)21(25)27/h3,6,8-9,11,13,15H,2,4-5,7,10,12,14H2,1H3/t15-/m0/s1. The summed E-state index contributed by atoms with van der Waals surface area (Å²) in [4.78, 5) is 27.5. The van der Waals surface area contributed by atoms with Crippen molar-refractivity contribution in [3.8, 4) is 0 Å². The average Bonchev–Trinajstić information content (AvgIpc) is 3.14. The molecule has 1 saturated heterocycles. The van der Waals surface area contributed by atoms with Crippen molar-refractivity contribution in [2.45, 2.75) is 39.2 Å². The van der Waals surface area contributed by atoms with Crippen LogP contribution in [0.1, 0.15) is 32.6 Å². The van der Waals surface area contributed by atoms with Gasteiger partial charge in [-0.3, -0.25) is 9.59 Å². The maximum Gasteiger partial charge on any atom is 0.275 e. The van der Waals surface area contributed by atoms with Gasteiger partial charge in [0.2, 0.25) is 5.91 Å². The summed E-state index contributed by atoms with van der Waals surface area (Å²) in [7, 11) is 0. The highest BCUT2D eigenvalue weighted by Crippen LogP contribution is 2.21. The Morgan fingerprint density at radius 2 is 2.07 bits per heavy atom. The van der Waals surface area contributed by atoms with E-state index in [1.54, 1.807) is 0 Å². The summed E-state index contributed by atoms with van der Waals surface area (Å²) in [5.41, 5.74) is 2.54. The lowest BCUT2D eigenvalue weighted by atomic mass is 10.00. The Hall–Kier alpha value is -2.08. The van der Waals surface area contributed by atoms with E-state index >= 15 is 0 Å². The van der Waals surface area contributed by atoms with Crippen LogP contribution in [0, 0.1) is 5.92 Å². The van der Waals surface area contributed by atoms with Crippen molar-refractivity contribution in [2.24, 2.45) is 5.92 Å². The maximum atomic E-state index is 13.0. The Kier molecular flexibility index (Phi) is 5.08. The van der Waals surface area contributed by atoms with E-state index in [4.69, 9.17) is 0 Å². The van der Waals surface area contributed by atoms with Gasteiger partial charge in [-0.1, -0.05) is 22.9 Å². The molecule has 3 aromatic rings. The lowest BCUT2D eigenvalue weighted by Crippen LogP contribution is -2.39. The van der Waals surface area contributed by atoms with Gasteiger partial charge in [-0.05, 0) is 55.5 Å². The van der Waals surface area contributed by atoms with Gasteiger partial charge in [0, 0.05) is 36.7 Å². The molecule has 1 amide bonds. The Morgan fingerprint density at radius 3 is 2.89 bits per heavy atom. The topological polar surface area (TPSA) is 46.7 Å². The second-order valence-corrected chi connectivity index (χ2v) is 8.46. The first-order chi connectivity index (χ1) is 13.0. The smallest absolute Gasteiger partial charge is 0.275 e. The summed E-state index contributed by atoms with van der Waals surface area (Å²) in [6.45, 7) is 4.48. The van der Waals surface area contributed by atoms with Gasteiger partial charge in [0.1, 0.15) is 5.52 Å². The van der Waals surface area contributed by atoms with Crippen LogP contribution in [0.5, 0.6) is 0 Å². The molecule has 1 aliphatic heterocycles. The number of amides is 1. The van der Waals surface area contributed by atoms with E-state index in [1.165, 1.54) is 6.42 Å². The third-order valence-electron chi connectivity index (χ3n) is 5.48. The normalized spacial score (nSPS) is 17.7. The van der Waals surface area contributed by atoms with Crippen LogP contribution in [0.15, 0.2) is 45.8 Å². The molecule has 6 heteroatoms. The highest BCUT2D eigenvalue weighted by Gasteiger charge is 2.20. The third kappa shape index (κ3) is 3.55. The molecule has 0 radical (unpaired) electrons. The van der Waals surface area contributed by atoms with Gasteiger partial charge in [-0.25, -0.2) is 0 Å². The number of nitrogens with zero attached hydrogens (tertiary/aromatic N) is 3. The molecular weight excluding hydrogens is 406 g/mol. The van der Waals surface area contributed by atoms with Gasteiger partial charge in [0.05, 0.1) is 11.0 Å². The number of piperidine rings is 1. The van der Waals surface area contributed by atoms with E-state index in [0.717, 1.165) is 35.0 Å². The molecule has 0 unspecified atom stereocenters. The molecule has 3 heterocycles. The van der Waals surface area contributed by atoms with Crippen molar-refractivity contribution in [2.75, 3.05) is 13.1 Å². The number of carbonyl (C=O) groups excluding carboxylic acids is 1. The molecule has 27 heavy (non-hydrogen) atoms. The first kappa shape index (κ1) is 18.3. The number of benzene rings is 1. The van der Waals surface area contributed by atoms with Crippen LogP contribution < -0.4 is 5.56 Å². The molecule has 0 N–H and O–H groups in total. The van der Waals surface area contributed by atoms with E-state index in [1.807, 2.05) is 50.4 Å². The zero-order chi connectivity index (χ0) is 19.0. The van der Waals surface area contributed by atoms with Gasteiger partial charge in [-0.15, -0.1) is 0 Å². The highest BCUT2D eigenvalue weighted by molar-refractivity contribution is 9.10. The number of hydrogen-bond donors (Lipinski definition) is 0. The summed E-state index contributed by atoms with van der Waals surface area (Å²) in [6, 6.07) is 9.72. The summed E-state index contributed by atoms with van der Waals surface area (Å²) < 4.78 is 4.68. The van der Waals surface area contributed by atoms with E-state index in [-0.39, 0.29) is 11.5 Å². The molecule has 142 valence electrons. The molecule has 1 aliphatic rings. The molecule has 0 aliphatic carbocycles. The summed E-state index contributed by atoms with van der Waals surface area (Å²) in [6.07, 6.45) is 5.37. The number of carbonyl (C=O) groups is 1. The van der Waals surface area contributed by atoms with Gasteiger partial charge >= 0.3 is 0 Å². The van der Waals surface area contributed by atoms with Crippen molar-refractivity contribution in [3.63, 3.8) is 0 Å². The van der Waals surface area contributed by atoms with Crippen LogP contribution in [0.3, 0.4) is 0 Å². The molecule has 0 spiro atoms. The fraction of sp³-hybridized carbons (Fsp3) is 0.429. The average molecular weight is 430 g/mol. The predicted molar refractivity (Wildman–Crippen MR) is 111 cm³/mol. The summed E-state index contributed by atoms with van der Waals surface area (Å²) >= 11 is 3.51. The van der Waals surface area contributed by atoms with Crippen LogP contribution in [0.4, 0.5) is 0 Å². The largest absolute Gasteiger partial charge is 0.342 e. The molecule has 0 saturated carbocycles. The number of hydrogen-bond acceptors (Lipinski definition) is 2. The number of likely N-dealkylation sites (tertiary alicyclic amines) is 1. The fourth-order valence-electron chi connectivity index (χ4n) is 4.11. The predicted octanol–water partition coefficient (Wildman–Crippen LogP) is 4.06. The van der Waals surface area contributed by atoms with Crippen LogP contribution in [-0.4, -0.2) is 32.9 Å². The van der Waals surface area contributed by atoms with Gasteiger partial charge < -0.3 is 13.9 Å². The Bertz CT molecular complexity index is 1050. The zero-order valence-corrected chi connectivity index (χ0v) is 17.1. The van der Waals surface area contributed by atoms with Crippen molar-refractivity contribution < 1.29 is 4.79 Å². The lowest BCUT2D eigenvalue weighted by molar-refractivity contribution is -0.133. The third-order valence-corrected chi connectivity index (χ3v) is 5.98. The quantitative estimate of drug-likeness (QED) is 0.627. The second kappa shape index (κ2) is 7.50. The van der Waals surface area contributed by atoms with Crippen LogP contribution in [0.25, 0.3) is 16.6 Å². The minimum absolute atomic E-state index is 0.00959.